The van der Waals surface area contributed by atoms with Crippen molar-refractivity contribution >= 4 is 22.8 Å². The third-order valence-corrected chi connectivity index (χ3v) is 4.20. The van der Waals surface area contributed by atoms with Crippen LogP contribution in [0.1, 0.15) is 24.5 Å². The lowest BCUT2D eigenvalue weighted by atomic mass is 10.1. The number of benzene rings is 1. The standard InChI is InChI=1S/C15H19NO3S/c1-11(17)20-14-7-15(18)16(9-14)8-12-3-5-13(6-4-12)10-19-2/h3-6,14H,7-10H2,1-2H3. The van der Waals surface area contributed by atoms with Crippen LogP contribution in [-0.4, -0.2) is 34.8 Å². The van der Waals surface area contributed by atoms with Crippen LogP contribution in [0.2, 0.25) is 0 Å². The van der Waals surface area contributed by atoms with Crippen LogP contribution in [-0.2, 0) is 27.5 Å². The molecule has 1 aromatic rings. The summed E-state index contributed by atoms with van der Waals surface area (Å²) in [5, 5.41) is 0.182. The number of carbonyl (C=O) groups is 2. The topological polar surface area (TPSA) is 46.6 Å². The van der Waals surface area contributed by atoms with E-state index in [2.05, 4.69) is 0 Å². The molecule has 1 aliphatic heterocycles. The van der Waals surface area contributed by atoms with Gasteiger partial charge in [0.25, 0.3) is 0 Å². The maximum atomic E-state index is 11.9. The van der Waals surface area contributed by atoms with E-state index in [-0.39, 0.29) is 16.3 Å². The molecule has 2 rings (SSSR count). The van der Waals surface area contributed by atoms with Crippen LogP contribution in [0, 0.1) is 0 Å². The molecule has 0 spiro atoms. The summed E-state index contributed by atoms with van der Waals surface area (Å²) in [7, 11) is 1.67. The van der Waals surface area contributed by atoms with Gasteiger partial charge < -0.3 is 9.64 Å². The lowest BCUT2D eigenvalue weighted by Gasteiger charge is -2.16. The van der Waals surface area contributed by atoms with E-state index in [9.17, 15) is 9.59 Å². The van der Waals surface area contributed by atoms with Gasteiger partial charge >= 0.3 is 0 Å². The predicted molar refractivity (Wildman–Crippen MR) is 79.2 cm³/mol. The van der Waals surface area contributed by atoms with Crippen LogP contribution < -0.4 is 0 Å². The maximum absolute atomic E-state index is 11.9. The molecule has 1 aliphatic rings. The highest BCUT2D eigenvalue weighted by Crippen LogP contribution is 2.25. The van der Waals surface area contributed by atoms with Gasteiger partial charge in [0.15, 0.2) is 5.12 Å². The molecule has 1 fully saturated rings. The number of ether oxygens (including phenoxy) is 1. The van der Waals surface area contributed by atoms with E-state index in [1.165, 1.54) is 11.8 Å². The van der Waals surface area contributed by atoms with E-state index in [0.717, 1.165) is 11.1 Å². The summed E-state index contributed by atoms with van der Waals surface area (Å²) >= 11 is 1.27. The van der Waals surface area contributed by atoms with Gasteiger partial charge in [0.05, 0.1) is 6.61 Å². The molecule has 108 valence electrons. The molecule has 0 radical (unpaired) electrons. The average Bonchev–Trinajstić information content (AvgIpc) is 2.71. The quantitative estimate of drug-likeness (QED) is 0.835. The largest absolute Gasteiger partial charge is 0.380 e. The van der Waals surface area contributed by atoms with Gasteiger partial charge in [0.2, 0.25) is 5.91 Å². The number of methoxy groups -OCH3 is 1. The molecule has 4 nitrogen and oxygen atoms in total. The second-order valence-corrected chi connectivity index (χ2v) is 6.44. The lowest BCUT2D eigenvalue weighted by Crippen LogP contribution is -2.25. The summed E-state index contributed by atoms with van der Waals surface area (Å²) in [4.78, 5) is 24.8. The van der Waals surface area contributed by atoms with Crippen molar-refractivity contribution in [3.63, 3.8) is 0 Å². The molecule has 0 aromatic heterocycles. The summed E-state index contributed by atoms with van der Waals surface area (Å²) < 4.78 is 5.07. The van der Waals surface area contributed by atoms with Crippen molar-refractivity contribution < 1.29 is 14.3 Å². The van der Waals surface area contributed by atoms with Crippen LogP contribution in [0.25, 0.3) is 0 Å². The number of hydrogen-bond donors (Lipinski definition) is 0. The fraction of sp³-hybridized carbons (Fsp3) is 0.467. The number of thioether (sulfide) groups is 1. The third-order valence-electron chi connectivity index (χ3n) is 3.22. The Labute approximate surface area is 123 Å². The van der Waals surface area contributed by atoms with Crippen LogP contribution >= 0.6 is 11.8 Å². The summed E-state index contributed by atoms with van der Waals surface area (Å²) in [6.07, 6.45) is 0.464. The average molecular weight is 293 g/mol. The Morgan fingerprint density at radius 1 is 1.35 bits per heavy atom. The molecule has 1 aromatic carbocycles. The predicted octanol–water partition coefficient (Wildman–Crippen LogP) is 2.21. The number of rotatable bonds is 5. The molecule has 1 saturated heterocycles. The van der Waals surface area contributed by atoms with Gasteiger partial charge in [-0.1, -0.05) is 36.0 Å². The number of amides is 1. The van der Waals surface area contributed by atoms with Gasteiger partial charge in [-0.05, 0) is 11.1 Å². The first-order valence-electron chi connectivity index (χ1n) is 6.60. The van der Waals surface area contributed by atoms with E-state index >= 15 is 0 Å². The summed E-state index contributed by atoms with van der Waals surface area (Å²) in [6.45, 7) is 3.41. The van der Waals surface area contributed by atoms with Crippen molar-refractivity contribution in [1.29, 1.82) is 0 Å². The van der Waals surface area contributed by atoms with Crippen molar-refractivity contribution in [3.8, 4) is 0 Å². The van der Waals surface area contributed by atoms with E-state index in [4.69, 9.17) is 4.74 Å². The molecule has 1 heterocycles. The summed E-state index contributed by atoms with van der Waals surface area (Å²) in [6, 6.07) is 8.07. The lowest BCUT2D eigenvalue weighted by molar-refractivity contribution is -0.128. The fourth-order valence-electron chi connectivity index (χ4n) is 2.33. The molecule has 5 heteroatoms. The Balaban J connectivity index is 1.92. The van der Waals surface area contributed by atoms with Crippen molar-refractivity contribution in [3.05, 3.63) is 35.4 Å². The third kappa shape index (κ3) is 4.08. The highest BCUT2D eigenvalue weighted by Gasteiger charge is 2.30. The molecule has 0 N–H and O–H groups in total. The SMILES string of the molecule is COCc1ccc(CN2CC(SC(C)=O)CC2=O)cc1. The highest BCUT2D eigenvalue weighted by molar-refractivity contribution is 8.14. The molecule has 1 atom stereocenters. The van der Waals surface area contributed by atoms with Crippen LogP contribution in [0.5, 0.6) is 0 Å². The number of likely N-dealkylation sites (tertiary alicyclic amines) is 1. The number of nitrogens with zero attached hydrogens (tertiary/aromatic N) is 1. The first kappa shape index (κ1) is 15.1. The number of carbonyl (C=O) groups excluding carboxylic acids is 2. The minimum Gasteiger partial charge on any atom is -0.380 e. The van der Waals surface area contributed by atoms with E-state index in [1.807, 2.05) is 29.2 Å². The Kier molecular flexibility index (Phi) is 5.20. The first-order valence-corrected chi connectivity index (χ1v) is 7.48. The molecule has 0 aliphatic carbocycles. The summed E-state index contributed by atoms with van der Waals surface area (Å²) in [5.41, 5.74) is 2.22. The Morgan fingerprint density at radius 3 is 2.60 bits per heavy atom. The molecule has 0 saturated carbocycles. The summed E-state index contributed by atoms with van der Waals surface area (Å²) in [5.74, 6) is 0.129. The molecule has 1 unspecified atom stereocenters. The van der Waals surface area contributed by atoms with Crippen LogP contribution in [0.4, 0.5) is 0 Å². The highest BCUT2D eigenvalue weighted by atomic mass is 32.2. The molecule has 20 heavy (non-hydrogen) atoms. The molecule has 0 bridgehead atoms. The second kappa shape index (κ2) is 6.90. The number of hydrogen-bond acceptors (Lipinski definition) is 4. The first-order chi connectivity index (χ1) is 9.58. The van der Waals surface area contributed by atoms with Gasteiger partial charge in [0.1, 0.15) is 0 Å². The monoisotopic (exact) mass is 293 g/mol. The molecule has 1 amide bonds. The van der Waals surface area contributed by atoms with E-state index in [0.29, 0.717) is 26.1 Å². The molecular weight excluding hydrogens is 274 g/mol. The molecular formula is C15H19NO3S. The van der Waals surface area contributed by atoms with Crippen molar-refractivity contribution in [2.24, 2.45) is 0 Å². The minimum absolute atomic E-state index is 0.0774. The second-order valence-electron chi connectivity index (χ2n) is 4.96. The van der Waals surface area contributed by atoms with Gasteiger partial charge in [-0.2, -0.15) is 0 Å². The smallest absolute Gasteiger partial charge is 0.224 e. The maximum Gasteiger partial charge on any atom is 0.224 e. The Bertz CT molecular complexity index is 486. The van der Waals surface area contributed by atoms with E-state index < -0.39 is 0 Å². The Morgan fingerprint density at radius 2 is 2.00 bits per heavy atom. The Hall–Kier alpha value is -1.33. The van der Waals surface area contributed by atoms with Crippen molar-refractivity contribution in [2.75, 3.05) is 13.7 Å². The van der Waals surface area contributed by atoms with Crippen LogP contribution in [0.3, 0.4) is 0 Å². The van der Waals surface area contributed by atoms with Gasteiger partial charge in [-0.15, -0.1) is 0 Å². The fourth-order valence-corrected chi connectivity index (χ4v) is 3.28. The van der Waals surface area contributed by atoms with Crippen molar-refractivity contribution in [2.45, 2.75) is 31.7 Å². The van der Waals surface area contributed by atoms with Gasteiger partial charge in [-0.3, -0.25) is 9.59 Å². The van der Waals surface area contributed by atoms with Crippen molar-refractivity contribution in [1.82, 2.24) is 4.90 Å². The normalized spacial score (nSPS) is 18.6. The zero-order chi connectivity index (χ0) is 14.5. The van der Waals surface area contributed by atoms with Gasteiger partial charge in [-0.25, -0.2) is 0 Å². The minimum atomic E-state index is 0.0774. The van der Waals surface area contributed by atoms with Gasteiger partial charge in [0, 0.05) is 38.8 Å². The van der Waals surface area contributed by atoms with E-state index in [1.54, 1.807) is 14.0 Å². The van der Waals surface area contributed by atoms with Crippen LogP contribution in [0.15, 0.2) is 24.3 Å². The zero-order valence-corrected chi connectivity index (χ0v) is 12.6. The zero-order valence-electron chi connectivity index (χ0n) is 11.8.